The van der Waals surface area contributed by atoms with Crippen LogP contribution >= 0.6 is 0 Å². The van der Waals surface area contributed by atoms with Gasteiger partial charge in [-0.3, -0.25) is 0 Å². The minimum Gasteiger partial charge on any atom is -0.463 e. The van der Waals surface area contributed by atoms with Gasteiger partial charge in [0, 0.05) is 25.2 Å². The van der Waals surface area contributed by atoms with E-state index in [1.165, 1.54) is 0 Å². The Morgan fingerprint density at radius 3 is 2.18 bits per heavy atom. The van der Waals surface area contributed by atoms with Crippen LogP contribution in [-0.4, -0.2) is 43.5 Å². The average Bonchev–Trinajstić information content (AvgIpc) is 2.71. The first-order valence-corrected chi connectivity index (χ1v) is 10.4. The van der Waals surface area contributed by atoms with Crippen LogP contribution < -0.4 is 0 Å². The van der Waals surface area contributed by atoms with Crippen molar-refractivity contribution in [2.75, 3.05) is 13.2 Å². The molecule has 0 amide bonds. The van der Waals surface area contributed by atoms with Gasteiger partial charge in [-0.1, -0.05) is 13.2 Å². The standard InChI is InChI=1S/C22H33FO5/c1-3-21(24)27-14-6-5-13-26-17-9-7-16(8-10-17)19-12-11-18(15-20(19)23)28-22(25)4-2/h3-4,16-20H,1-2,5-15H2. The van der Waals surface area contributed by atoms with Gasteiger partial charge >= 0.3 is 11.9 Å². The highest BCUT2D eigenvalue weighted by Gasteiger charge is 2.38. The fraction of sp³-hybridized carbons (Fsp3) is 0.727. The SMILES string of the molecule is C=CC(=O)OCCCCOC1CCC(C2CCC(OC(=O)C=C)CC2F)CC1. The number of carbonyl (C=O) groups is 2. The predicted molar refractivity (Wildman–Crippen MR) is 104 cm³/mol. The summed E-state index contributed by atoms with van der Waals surface area (Å²) >= 11 is 0. The molecule has 0 spiro atoms. The maximum atomic E-state index is 14.6. The van der Waals surface area contributed by atoms with Gasteiger partial charge < -0.3 is 14.2 Å². The van der Waals surface area contributed by atoms with Crippen molar-refractivity contribution in [2.24, 2.45) is 11.8 Å². The number of rotatable bonds is 10. The van der Waals surface area contributed by atoms with E-state index in [-0.39, 0.29) is 18.1 Å². The van der Waals surface area contributed by atoms with Gasteiger partial charge in [0.25, 0.3) is 0 Å². The summed E-state index contributed by atoms with van der Waals surface area (Å²) < 4.78 is 30.7. The molecule has 2 aliphatic carbocycles. The molecule has 0 aromatic heterocycles. The molecule has 6 heteroatoms. The minimum atomic E-state index is -0.905. The quantitative estimate of drug-likeness (QED) is 0.313. The molecule has 2 saturated carbocycles. The summed E-state index contributed by atoms with van der Waals surface area (Å²) in [6.45, 7) is 7.79. The highest BCUT2D eigenvalue weighted by atomic mass is 19.1. The smallest absolute Gasteiger partial charge is 0.330 e. The Morgan fingerprint density at radius 2 is 1.54 bits per heavy atom. The van der Waals surface area contributed by atoms with Crippen molar-refractivity contribution in [3.63, 3.8) is 0 Å². The zero-order chi connectivity index (χ0) is 20.4. The van der Waals surface area contributed by atoms with Crippen molar-refractivity contribution < 1.29 is 28.2 Å². The van der Waals surface area contributed by atoms with Crippen molar-refractivity contribution in [3.05, 3.63) is 25.3 Å². The van der Waals surface area contributed by atoms with Crippen molar-refractivity contribution in [3.8, 4) is 0 Å². The van der Waals surface area contributed by atoms with Crippen molar-refractivity contribution >= 4 is 11.9 Å². The molecule has 0 saturated heterocycles. The Bertz CT molecular complexity index is 527. The third-order valence-electron chi connectivity index (χ3n) is 5.85. The van der Waals surface area contributed by atoms with Crippen molar-refractivity contribution in [1.82, 2.24) is 0 Å². The van der Waals surface area contributed by atoms with Crippen LogP contribution in [0.25, 0.3) is 0 Å². The number of carbonyl (C=O) groups excluding carboxylic acids is 2. The van der Waals surface area contributed by atoms with E-state index in [9.17, 15) is 14.0 Å². The van der Waals surface area contributed by atoms with Gasteiger partial charge in [0.05, 0.1) is 12.7 Å². The normalized spacial score (nSPS) is 30.2. The van der Waals surface area contributed by atoms with Crippen LogP contribution in [0, 0.1) is 11.8 Å². The fourth-order valence-electron chi connectivity index (χ4n) is 4.32. The summed E-state index contributed by atoms with van der Waals surface area (Å²) in [5, 5.41) is 0. The largest absolute Gasteiger partial charge is 0.463 e. The Morgan fingerprint density at radius 1 is 0.893 bits per heavy atom. The maximum absolute atomic E-state index is 14.6. The van der Waals surface area contributed by atoms with E-state index in [4.69, 9.17) is 14.2 Å². The Kier molecular flexibility index (Phi) is 9.68. The number of hydrogen-bond donors (Lipinski definition) is 0. The lowest BCUT2D eigenvalue weighted by molar-refractivity contribution is -0.146. The molecule has 2 aliphatic rings. The first-order chi connectivity index (χ1) is 13.5. The Balaban J connectivity index is 1.59. The topological polar surface area (TPSA) is 61.8 Å². The molecule has 0 aromatic carbocycles. The van der Waals surface area contributed by atoms with Gasteiger partial charge in [0.1, 0.15) is 12.3 Å². The molecule has 0 bridgehead atoms. The second-order valence-electron chi connectivity index (χ2n) is 7.74. The highest BCUT2D eigenvalue weighted by Crippen LogP contribution is 2.41. The predicted octanol–water partition coefficient (Wildman–Crippen LogP) is 4.31. The van der Waals surface area contributed by atoms with Gasteiger partial charge in [0.2, 0.25) is 0 Å². The molecule has 2 rings (SSSR count). The van der Waals surface area contributed by atoms with Gasteiger partial charge in [-0.2, -0.15) is 0 Å². The molecule has 2 fully saturated rings. The summed E-state index contributed by atoms with van der Waals surface area (Å²) in [5.74, 6) is -0.395. The molecule has 0 aliphatic heterocycles. The van der Waals surface area contributed by atoms with E-state index in [1.807, 2.05) is 0 Å². The third kappa shape index (κ3) is 7.38. The van der Waals surface area contributed by atoms with E-state index in [0.29, 0.717) is 25.6 Å². The number of esters is 2. The van der Waals surface area contributed by atoms with Gasteiger partial charge in [0.15, 0.2) is 0 Å². The molecular weight excluding hydrogens is 363 g/mol. The molecule has 0 radical (unpaired) electrons. The van der Waals surface area contributed by atoms with Crippen LogP contribution in [0.15, 0.2) is 25.3 Å². The van der Waals surface area contributed by atoms with E-state index >= 15 is 0 Å². The number of halogens is 1. The number of alkyl halides is 1. The number of ether oxygens (including phenoxy) is 3. The molecular formula is C22H33FO5. The molecule has 3 unspecified atom stereocenters. The van der Waals surface area contributed by atoms with Crippen LogP contribution in [0.1, 0.15) is 57.8 Å². The van der Waals surface area contributed by atoms with Crippen LogP contribution in [0.5, 0.6) is 0 Å². The van der Waals surface area contributed by atoms with Crippen molar-refractivity contribution in [1.29, 1.82) is 0 Å². The minimum absolute atomic E-state index is 0.0687. The second-order valence-corrected chi connectivity index (χ2v) is 7.74. The summed E-state index contributed by atoms with van der Waals surface area (Å²) in [7, 11) is 0. The summed E-state index contributed by atoms with van der Waals surface area (Å²) in [5.41, 5.74) is 0. The zero-order valence-corrected chi connectivity index (χ0v) is 16.7. The summed E-state index contributed by atoms with van der Waals surface area (Å²) in [6.07, 6.45) is 8.67. The number of hydrogen-bond acceptors (Lipinski definition) is 5. The van der Waals surface area contributed by atoms with Gasteiger partial charge in [-0.05, 0) is 63.2 Å². The summed E-state index contributed by atoms with van der Waals surface area (Å²) in [6, 6.07) is 0. The molecule has 5 nitrogen and oxygen atoms in total. The van der Waals surface area contributed by atoms with Gasteiger partial charge in [-0.15, -0.1) is 0 Å². The van der Waals surface area contributed by atoms with Gasteiger partial charge in [-0.25, -0.2) is 14.0 Å². The molecule has 0 aromatic rings. The van der Waals surface area contributed by atoms with E-state index in [1.54, 1.807) is 0 Å². The summed E-state index contributed by atoms with van der Waals surface area (Å²) in [4.78, 5) is 22.2. The van der Waals surface area contributed by atoms with E-state index in [2.05, 4.69) is 13.2 Å². The lowest BCUT2D eigenvalue weighted by Gasteiger charge is -2.39. The zero-order valence-electron chi connectivity index (χ0n) is 16.7. The molecule has 3 atom stereocenters. The molecule has 0 heterocycles. The van der Waals surface area contributed by atoms with Crippen molar-refractivity contribution in [2.45, 2.75) is 76.2 Å². The van der Waals surface area contributed by atoms with E-state index < -0.39 is 18.1 Å². The monoisotopic (exact) mass is 396 g/mol. The first-order valence-electron chi connectivity index (χ1n) is 10.4. The highest BCUT2D eigenvalue weighted by molar-refractivity contribution is 5.81. The Labute approximate surface area is 167 Å². The second kappa shape index (κ2) is 12.0. The lowest BCUT2D eigenvalue weighted by Crippen LogP contribution is -2.38. The van der Waals surface area contributed by atoms with Crippen LogP contribution in [0.2, 0.25) is 0 Å². The van der Waals surface area contributed by atoms with Crippen LogP contribution in [-0.2, 0) is 23.8 Å². The first kappa shape index (κ1) is 22.6. The van der Waals surface area contributed by atoms with E-state index in [0.717, 1.165) is 63.5 Å². The van der Waals surface area contributed by atoms with Crippen LogP contribution in [0.3, 0.4) is 0 Å². The number of unbranched alkanes of at least 4 members (excludes halogenated alkanes) is 1. The molecule has 158 valence electrons. The fourth-order valence-corrected chi connectivity index (χ4v) is 4.32. The lowest BCUT2D eigenvalue weighted by atomic mass is 9.71. The maximum Gasteiger partial charge on any atom is 0.330 e. The molecule has 0 N–H and O–H groups in total. The third-order valence-corrected chi connectivity index (χ3v) is 5.85. The Hall–Kier alpha value is -1.69. The van der Waals surface area contributed by atoms with Crippen LogP contribution in [0.4, 0.5) is 4.39 Å². The average molecular weight is 396 g/mol. The molecule has 28 heavy (non-hydrogen) atoms.